The van der Waals surface area contributed by atoms with Crippen LogP contribution in [0, 0.1) is 6.92 Å². The maximum absolute atomic E-state index is 12.4. The number of carbonyl (C=O) groups excluding carboxylic acids is 1. The third-order valence-electron chi connectivity index (χ3n) is 2.74. The smallest absolute Gasteiger partial charge is 0.273 e. The summed E-state index contributed by atoms with van der Waals surface area (Å²) in [5, 5.41) is 3.89. The molecule has 102 valence electrons. The summed E-state index contributed by atoms with van der Waals surface area (Å²) in [6.07, 6.45) is 0. The first-order valence-electron chi connectivity index (χ1n) is 6.10. The molecule has 2 aromatic heterocycles. The molecule has 0 atom stereocenters. The third kappa shape index (κ3) is 3.01. The number of nitrogens with zero attached hydrogens (tertiary/aromatic N) is 3. The van der Waals surface area contributed by atoms with E-state index in [-0.39, 0.29) is 5.91 Å². The van der Waals surface area contributed by atoms with Crippen molar-refractivity contribution in [2.24, 2.45) is 0 Å². The van der Waals surface area contributed by atoms with Gasteiger partial charge in [0.15, 0.2) is 0 Å². The van der Waals surface area contributed by atoms with Crippen molar-refractivity contribution >= 4 is 17.2 Å². The van der Waals surface area contributed by atoms with Crippen LogP contribution in [0.5, 0.6) is 0 Å². The van der Waals surface area contributed by atoms with Gasteiger partial charge in [0, 0.05) is 18.0 Å². The second kappa shape index (κ2) is 5.52. The Labute approximate surface area is 116 Å². The van der Waals surface area contributed by atoms with E-state index >= 15 is 0 Å². The van der Waals surface area contributed by atoms with Gasteiger partial charge in [0.05, 0.1) is 12.1 Å². The monoisotopic (exact) mass is 279 g/mol. The van der Waals surface area contributed by atoms with Crippen LogP contribution in [0.3, 0.4) is 0 Å². The van der Waals surface area contributed by atoms with Crippen molar-refractivity contribution in [3.05, 3.63) is 33.6 Å². The molecule has 0 radical (unpaired) electrons. The van der Waals surface area contributed by atoms with Gasteiger partial charge in [-0.25, -0.2) is 4.98 Å². The van der Waals surface area contributed by atoms with Crippen molar-refractivity contribution in [2.75, 3.05) is 7.05 Å². The molecule has 0 aliphatic carbocycles. The first kappa shape index (κ1) is 13.7. The highest BCUT2D eigenvalue weighted by atomic mass is 32.1. The molecule has 0 bridgehead atoms. The molecule has 5 nitrogen and oxygen atoms in total. The fraction of sp³-hybridized carbons (Fsp3) is 0.462. The largest absolute Gasteiger partial charge is 0.361 e. The number of aromatic nitrogens is 2. The normalized spacial score (nSPS) is 11.0. The van der Waals surface area contributed by atoms with Crippen molar-refractivity contribution in [1.82, 2.24) is 15.0 Å². The second-order valence-corrected chi connectivity index (χ2v) is 5.70. The van der Waals surface area contributed by atoms with Crippen LogP contribution < -0.4 is 0 Å². The van der Waals surface area contributed by atoms with Gasteiger partial charge in [0.1, 0.15) is 17.1 Å². The van der Waals surface area contributed by atoms with Crippen molar-refractivity contribution in [2.45, 2.75) is 33.2 Å². The molecule has 1 amide bonds. The highest BCUT2D eigenvalue weighted by Crippen LogP contribution is 2.24. The quantitative estimate of drug-likeness (QED) is 0.863. The van der Waals surface area contributed by atoms with Gasteiger partial charge in [-0.1, -0.05) is 19.0 Å². The van der Waals surface area contributed by atoms with Crippen LogP contribution in [0.1, 0.15) is 46.6 Å². The van der Waals surface area contributed by atoms with E-state index in [1.165, 1.54) is 11.3 Å². The number of aryl methyl sites for hydroxylation is 1. The molecule has 0 unspecified atom stereocenters. The summed E-state index contributed by atoms with van der Waals surface area (Å²) < 4.78 is 5.00. The number of rotatable bonds is 4. The minimum Gasteiger partial charge on any atom is -0.361 e. The van der Waals surface area contributed by atoms with Gasteiger partial charge < -0.3 is 9.42 Å². The molecular weight excluding hydrogens is 262 g/mol. The van der Waals surface area contributed by atoms with E-state index < -0.39 is 0 Å². The van der Waals surface area contributed by atoms with Crippen LogP contribution in [0.4, 0.5) is 0 Å². The van der Waals surface area contributed by atoms with Crippen molar-refractivity contribution in [3.63, 3.8) is 0 Å². The van der Waals surface area contributed by atoms with E-state index in [0.717, 1.165) is 16.3 Å². The minimum absolute atomic E-state index is 0.0781. The lowest BCUT2D eigenvalue weighted by molar-refractivity contribution is 0.0775. The maximum Gasteiger partial charge on any atom is 0.273 e. The molecule has 2 heterocycles. The van der Waals surface area contributed by atoms with Crippen molar-refractivity contribution in [3.8, 4) is 0 Å². The van der Waals surface area contributed by atoms with Gasteiger partial charge >= 0.3 is 0 Å². The van der Waals surface area contributed by atoms with E-state index in [4.69, 9.17) is 4.52 Å². The van der Waals surface area contributed by atoms with E-state index in [0.29, 0.717) is 18.2 Å². The Hall–Kier alpha value is -1.69. The van der Waals surface area contributed by atoms with Gasteiger partial charge in [0.25, 0.3) is 5.91 Å². The number of amides is 1. The second-order valence-electron chi connectivity index (χ2n) is 4.81. The Morgan fingerprint density at radius 1 is 1.53 bits per heavy atom. The fourth-order valence-electron chi connectivity index (χ4n) is 1.81. The molecule has 0 aliphatic heterocycles. The van der Waals surface area contributed by atoms with E-state index in [9.17, 15) is 4.79 Å². The lowest BCUT2D eigenvalue weighted by Crippen LogP contribution is -2.27. The van der Waals surface area contributed by atoms with Gasteiger partial charge in [-0.05, 0) is 12.8 Å². The Morgan fingerprint density at radius 3 is 2.84 bits per heavy atom. The van der Waals surface area contributed by atoms with E-state index in [1.54, 1.807) is 17.5 Å². The number of hydrogen-bond acceptors (Lipinski definition) is 5. The summed E-state index contributed by atoms with van der Waals surface area (Å²) in [4.78, 5) is 19.2. The summed E-state index contributed by atoms with van der Waals surface area (Å²) in [6, 6.07) is 1.83. The molecule has 0 aliphatic rings. The Kier molecular flexibility index (Phi) is 3.99. The first-order chi connectivity index (χ1) is 8.99. The molecule has 0 spiro atoms. The van der Waals surface area contributed by atoms with Crippen LogP contribution in [-0.2, 0) is 6.54 Å². The first-order valence-corrected chi connectivity index (χ1v) is 6.98. The average molecular weight is 279 g/mol. The molecule has 0 N–H and O–H groups in total. The summed E-state index contributed by atoms with van der Waals surface area (Å²) >= 11 is 1.52. The molecule has 19 heavy (non-hydrogen) atoms. The zero-order chi connectivity index (χ0) is 14.0. The SMILES string of the molecule is Cc1cc(CN(C)C(=O)c2ncsc2C(C)C)no1. The Bertz CT molecular complexity index is 574. The Balaban J connectivity index is 2.12. The standard InChI is InChI=1S/C13H17N3O2S/c1-8(2)12-11(14-7-19-12)13(17)16(4)6-10-5-9(3)18-15-10/h5,7-8H,6H2,1-4H3. The zero-order valence-corrected chi connectivity index (χ0v) is 12.3. The van der Waals surface area contributed by atoms with Gasteiger partial charge in [-0.15, -0.1) is 11.3 Å². The molecule has 0 saturated carbocycles. The maximum atomic E-state index is 12.4. The lowest BCUT2D eigenvalue weighted by atomic mass is 10.1. The molecule has 6 heteroatoms. The van der Waals surface area contributed by atoms with E-state index in [2.05, 4.69) is 24.0 Å². The minimum atomic E-state index is -0.0781. The van der Waals surface area contributed by atoms with Gasteiger partial charge in [-0.2, -0.15) is 0 Å². The predicted octanol–water partition coefficient (Wildman–Crippen LogP) is 2.84. The van der Waals surface area contributed by atoms with Crippen LogP contribution in [0.25, 0.3) is 0 Å². The average Bonchev–Trinajstić information content (AvgIpc) is 2.97. The van der Waals surface area contributed by atoms with Crippen LogP contribution in [0.2, 0.25) is 0 Å². The molecule has 0 saturated heterocycles. The topological polar surface area (TPSA) is 59.2 Å². The highest BCUT2D eigenvalue weighted by Gasteiger charge is 2.21. The van der Waals surface area contributed by atoms with Crippen LogP contribution in [0.15, 0.2) is 16.1 Å². The lowest BCUT2D eigenvalue weighted by Gasteiger charge is -2.15. The Morgan fingerprint density at radius 2 is 2.26 bits per heavy atom. The predicted molar refractivity (Wildman–Crippen MR) is 73.2 cm³/mol. The molecule has 2 rings (SSSR count). The van der Waals surface area contributed by atoms with Gasteiger partial charge in [-0.3, -0.25) is 4.79 Å². The molecule has 0 fully saturated rings. The van der Waals surface area contributed by atoms with Crippen molar-refractivity contribution < 1.29 is 9.32 Å². The van der Waals surface area contributed by atoms with Crippen LogP contribution in [-0.4, -0.2) is 28.0 Å². The third-order valence-corrected chi connectivity index (χ3v) is 3.87. The molecule has 0 aromatic carbocycles. The highest BCUT2D eigenvalue weighted by molar-refractivity contribution is 7.10. The van der Waals surface area contributed by atoms with Crippen molar-refractivity contribution in [1.29, 1.82) is 0 Å². The summed E-state index contributed by atoms with van der Waals surface area (Å²) in [5.41, 5.74) is 3.01. The van der Waals surface area contributed by atoms with Gasteiger partial charge in [0.2, 0.25) is 0 Å². The fourth-order valence-corrected chi connectivity index (χ4v) is 2.61. The molecular formula is C13H17N3O2S. The van der Waals surface area contributed by atoms with Crippen LogP contribution >= 0.6 is 11.3 Å². The number of thiazole rings is 1. The zero-order valence-electron chi connectivity index (χ0n) is 11.5. The summed E-state index contributed by atoms with van der Waals surface area (Å²) in [6.45, 7) is 6.37. The number of carbonyl (C=O) groups is 1. The summed E-state index contributed by atoms with van der Waals surface area (Å²) in [7, 11) is 1.75. The number of hydrogen-bond donors (Lipinski definition) is 0. The molecule has 2 aromatic rings. The summed E-state index contributed by atoms with van der Waals surface area (Å²) in [5.74, 6) is 0.965. The van der Waals surface area contributed by atoms with E-state index in [1.807, 2.05) is 13.0 Å².